The minimum absolute atomic E-state index is 0.827. The third-order valence-corrected chi connectivity index (χ3v) is 2.02. The number of hydrogen-bond acceptors (Lipinski definition) is 2. The fraction of sp³-hybridized carbons (Fsp3) is 0.667. The Morgan fingerprint density at radius 1 is 1.70 bits per heavy atom. The summed E-state index contributed by atoms with van der Waals surface area (Å²) < 4.78 is 2.72. The molecule has 0 aliphatic heterocycles. The molecule has 10 heavy (non-hydrogen) atoms. The second-order valence-electron chi connectivity index (χ2n) is 2.71. The zero-order valence-electron chi connectivity index (χ0n) is 5.50. The van der Waals surface area contributed by atoms with Crippen molar-refractivity contribution in [1.29, 1.82) is 0 Å². The lowest BCUT2D eigenvalue weighted by Gasteiger charge is -1.93. The van der Waals surface area contributed by atoms with Crippen molar-refractivity contribution < 1.29 is 0 Å². The SMILES string of the molecule is Brc1cn(CC2CC2)nn1. The second-order valence-corrected chi connectivity index (χ2v) is 3.52. The Balaban J connectivity index is 2.03. The first kappa shape index (κ1) is 6.34. The Morgan fingerprint density at radius 2 is 2.50 bits per heavy atom. The Bertz CT molecular complexity index is 229. The predicted molar refractivity (Wildman–Crippen MR) is 40.4 cm³/mol. The molecule has 0 amide bonds. The van der Waals surface area contributed by atoms with Crippen molar-refractivity contribution in [1.82, 2.24) is 15.0 Å². The lowest BCUT2D eigenvalue weighted by Crippen LogP contribution is -1.99. The van der Waals surface area contributed by atoms with E-state index in [2.05, 4.69) is 26.2 Å². The summed E-state index contributed by atoms with van der Waals surface area (Å²) in [5.41, 5.74) is 0. The van der Waals surface area contributed by atoms with Gasteiger partial charge in [-0.1, -0.05) is 5.21 Å². The summed E-state index contributed by atoms with van der Waals surface area (Å²) in [4.78, 5) is 0. The topological polar surface area (TPSA) is 30.7 Å². The van der Waals surface area contributed by atoms with Crippen LogP contribution in [0.15, 0.2) is 10.8 Å². The Kier molecular flexibility index (Phi) is 1.48. The van der Waals surface area contributed by atoms with E-state index >= 15 is 0 Å². The van der Waals surface area contributed by atoms with Crippen LogP contribution in [0.25, 0.3) is 0 Å². The zero-order chi connectivity index (χ0) is 6.97. The second kappa shape index (κ2) is 2.34. The van der Waals surface area contributed by atoms with E-state index in [9.17, 15) is 0 Å². The van der Waals surface area contributed by atoms with E-state index in [0.29, 0.717) is 0 Å². The highest BCUT2D eigenvalue weighted by Gasteiger charge is 2.21. The maximum Gasteiger partial charge on any atom is 0.148 e. The van der Waals surface area contributed by atoms with E-state index in [4.69, 9.17) is 0 Å². The minimum atomic E-state index is 0.827. The third-order valence-electron chi connectivity index (χ3n) is 1.65. The van der Waals surface area contributed by atoms with Crippen LogP contribution in [0.3, 0.4) is 0 Å². The molecule has 0 spiro atoms. The monoisotopic (exact) mass is 201 g/mol. The maximum atomic E-state index is 3.92. The van der Waals surface area contributed by atoms with E-state index in [1.165, 1.54) is 12.8 Å². The van der Waals surface area contributed by atoms with Gasteiger partial charge in [0.25, 0.3) is 0 Å². The predicted octanol–water partition coefficient (Wildman–Crippen LogP) is 1.45. The fourth-order valence-electron chi connectivity index (χ4n) is 0.929. The van der Waals surface area contributed by atoms with Gasteiger partial charge in [-0.15, -0.1) is 5.10 Å². The van der Waals surface area contributed by atoms with Gasteiger partial charge in [-0.25, -0.2) is 0 Å². The molecule has 0 radical (unpaired) electrons. The number of nitrogens with zero attached hydrogens (tertiary/aromatic N) is 3. The molecule has 1 aromatic heterocycles. The molecule has 1 fully saturated rings. The molecular weight excluding hydrogens is 194 g/mol. The van der Waals surface area contributed by atoms with Gasteiger partial charge in [0.2, 0.25) is 0 Å². The van der Waals surface area contributed by atoms with Crippen molar-refractivity contribution in [2.45, 2.75) is 19.4 Å². The van der Waals surface area contributed by atoms with Crippen LogP contribution < -0.4 is 0 Å². The third kappa shape index (κ3) is 1.37. The Labute approximate surface area is 67.5 Å². The molecule has 0 saturated heterocycles. The molecule has 54 valence electrons. The average molecular weight is 202 g/mol. The highest BCUT2D eigenvalue weighted by molar-refractivity contribution is 9.10. The largest absolute Gasteiger partial charge is 0.251 e. The molecule has 1 aliphatic rings. The summed E-state index contributed by atoms with van der Waals surface area (Å²) >= 11 is 3.25. The summed E-state index contributed by atoms with van der Waals surface area (Å²) in [6.07, 6.45) is 4.63. The number of halogens is 1. The van der Waals surface area contributed by atoms with Crippen LogP contribution in [0.4, 0.5) is 0 Å². The van der Waals surface area contributed by atoms with Crippen LogP contribution in [0.1, 0.15) is 12.8 Å². The molecule has 0 atom stereocenters. The van der Waals surface area contributed by atoms with Crippen molar-refractivity contribution in [2.75, 3.05) is 0 Å². The molecule has 0 unspecified atom stereocenters. The van der Waals surface area contributed by atoms with Crippen LogP contribution in [0.2, 0.25) is 0 Å². The zero-order valence-corrected chi connectivity index (χ0v) is 7.08. The van der Waals surface area contributed by atoms with Crippen molar-refractivity contribution in [2.24, 2.45) is 5.92 Å². The van der Waals surface area contributed by atoms with E-state index in [1.54, 1.807) is 0 Å². The summed E-state index contributed by atoms with van der Waals surface area (Å²) in [6.45, 7) is 1.04. The lowest BCUT2D eigenvalue weighted by molar-refractivity contribution is 0.544. The van der Waals surface area contributed by atoms with Crippen LogP contribution in [-0.4, -0.2) is 15.0 Å². The molecule has 3 nitrogen and oxygen atoms in total. The smallest absolute Gasteiger partial charge is 0.148 e. The van der Waals surface area contributed by atoms with Crippen molar-refractivity contribution in [3.05, 3.63) is 10.8 Å². The molecule has 0 aromatic carbocycles. The standard InChI is InChI=1S/C6H8BrN3/c7-6-4-10(9-8-6)3-5-1-2-5/h4-5H,1-3H2. The molecule has 4 heteroatoms. The maximum absolute atomic E-state index is 3.92. The van der Waals surface area contributed by atoms with E-state index < -0.39 is 0 Å². The Morgan fingerprint density at radius 3 is 3.00 bits per heavy atom. The van der Waals surface area contributed by atoms with Crippen LogP contribution in [-0.2, 0) is 6.54 Å². The molecule has 1 aliphatic carbocycles. The van der Waals surface area contributed by atoms with Gasteiger partial charge in [0.05, 0.1) is 6.20 Å². The van der Waals surface area contributed by atoms with Crippen molar-refractivity contribution in [3.63, 3.8) is 0 Å². The van der Waals surface area contributed by atoms with Gasteiger partial charge < -0.3 is 0 Å². The molecule has 1 saturated carbocycles. The number of rotatable bonds is 2. The first-order valence-electron chi connectivity index (χ1n) is 3.40. The number of aromatic nitrogens is 3. The number of hydrogen-bond donors (Lipinski definition) is 0. The van der Waals surface area contributed by atoms with Crippen molar-refractivity contribution in [3.8, 4) is 0 Å². The van der Waals surface area contributed by atoms with Crippen molar-refractivity contribution >= 4 is 15.9 Å². The summed E-state index contributed by atoms with van der Waals surface area (Å²) in [7, 11) is 0. The molecule has 0 N–H and O–H groups in total. The molecule has 1 heterocycles. The van der Waals surface area contributed by atoms with Gasteiger partial charge in [0, 0.05) is 6.54 Å². The molecule has 2 rings (SSSR count). The van der Waals surface area contributed by atoms with Gasteiger partial charge in [-0.2, -0.15) is 0 Å². The van der Waals surface area contributed by atoms with E-state index in [1.807, 2.05) is 10.9 Å². The van der Waals surface area contributed by atoms with E-state index in [0.717, 1.165) is 17.1 Å². The van der Waals surface area contributed by atoms with Gasteiger partial charge >= 0.3 is 0 Å². The summed E-state index contributed by atoms with van der Waals surface area (Å²) in [6, 6.07) is 0. The first-order valence-corrected chi connectivity index (χ1v) is 4.19. The van der Waals surface area contributed by atoms with Crippen LogP contribution in [0.5, 0.6) is 0 Å². The van der Waals surface area contributed by atoms with Crippen LogP contribution in [0, 0.1) is 5.92 Å². The van der Waals surface area contributed by atoms with Gasteiger partial charge in [-0.3, -0.25) is 4.68 Å². The van der Waals surface area contributed by atoms with Gasteiger partial charge in [0.15, 0.2) is 0 Å². The highest BCUT2D eigenvalue weighted by atomic mass is 79.9. The summed E-state index contributed by atoms with van der Waals surface area (Å²) in [5, 5.41) is 7.74. The quantitative estimate of drug-likeness (QED) is 0.726. The fourth-order valence-corrected chi connectivity index (χ4v) is 1.24. The lowest BCUT2D eigenvalue weighted by atomic mass is 10.4. The van der Waals surface area contributed by atoms with E-state index in [-0.39, 0.29) is 0 Å². The molecular formula is C6H8BrN3. The first-order chi connectivity index (χ1) is 4.84. The average Bonchev–Trinajstić information content (AvgIpc) is 2.59. The highest BCUT2D eigenvalue weighted by Crippen LogP contribution is 2.30. The Hall–Kier alpha value is -0.380. The minimum Gasteiger partial charge on any atom is -0.251 e. The molecule has 0 bridgehead atoms. The summed E-state index contributed by atoms with van der Waals surface area (Å²) in [5.74, 6) is 0.869. The van der Waals surface area contributed by atoms with Gasteiger partial charge in [-0.05, 0) is 34.7 Å². The molecule has 1 aromatic rings. The normalized spacial score (nSPS) is 17.7. The van der Waals surface area contributed by atoms with Gasteiger partial charge in [0.1, 0.15) is 4.60 Å². The van der Waals surface area contributed by atoms with Crippen LogP contribution >= 0.6 is 15.9 Å².